The van der Waals surface area contributed by atoms with Crippen LogP contribution >= 0.6 is 0 Å². The molecular weight excluding hydrogens is 456 g/mol. The van der Waals surface area contributed by atoms with Gasteiger partial charge in [-0.2, -0.15) is 0 Å². The van der Waals surface area contributed by atoms with Crippen molar-refractivity contribution in [2.24, 2.45) is 0 Å². The minimum absolute atomic E-state index is 0.155. The van der Waals surface area contributed by atoms with E-state index in [0.717, 1.165) is 63.0 Å². The minimum atomic E-state index is -0.381. The average molecular weight is 487 g/mol. The molecule has 186 valence electrons. The van der Waals surface area contributed by atoms with Crippen molar-refractivity contribution < 1.29 is 19.1 Å². The van der Waals surface area contributed by atoms with E-state index in [-0.39, 0.29) is 25.2 Å². The molecule has 2 aromatic heterocycles. The van der Waals surface area contributed by atoms with E-state index in [0.29, 0.717) is 22.8 Å². The molecule has 0 atom stereocenters. The van der Waals surface area contributed by atoms with E-state index in [1.54, 1.807) is 36.7 Å². The Morgan fingerprint density at radius 3 is 1.42 bits per heavy atom. The van der Waals surface area contributed by atoms with Crippen LogP contribution in [0.2, 0.25) is 0 Å². The van der Waals surface area contributed by atoms with Crippen LogP contribution in [0.3, 0.4) is 0 Å². The molecule has 0 aliphatic carbocycles. The van der Waals surface area contributed by atoms with E-state index < -0.39 is 0 Å². The van der Waals surface area contributed by atoms with Crippen LogP contribution in [0.5, 0.6) is 0 Å². The first-order valence-electron chi connectivity index (χ1n) is 12.5. The molecule has 3 aromatic rings. The molecule has 2 saturated heterocycles. The monoisotopic (exact) mass is 486 g/mol. The SMILES string of the molecule is O=C(OCc1ccc(COC(=O)c2cccnc2N2CCCC2)cc1)c1cccnc1N1CCCC1. The molecule has 0 saturated carbocycles. The smallest absolute Gasteiger partial charge is 0.342 e. The molecule has 0 radical (unpaired) electrons. The Kier molecular flexibility index (Phi) is 7.40. The Hall–Kier alpha value is -3.94. The van der Waals surface area contributed by atoms with Crippen LogP contribution in [0, 0.1) is 0 Å². The van der Waals surface area contributed by atoms with Crippen molar-refractivity contribution in [2.75, 3.05) is 36.0 Å². The summed E-state index contributed by atoms with van der Waals surface area (Å²) in [5.41, 5.74) is 2.69. The second kappa shape index (κ2) is 11.2. The van der Waals surface area contributed by atoms with Crippen molar-refractivity contribution in [2.45, 2.75) is 38.9 Å². The highest BCUT2D eigenvalue weighted by Gasteiger charge is 2.22. The van der Waals surface area contributed by atoms with Crippen LogP contribution in [0.25, 0.3) is 0 Å². The minimum Gasteiger partial charge on any atom is -0.457 e. The predicted molar refractivity (Wildman–Crippen MR) is 136 cm³/mol. The van der Waals surface area contributed by atoms with Crippen LogP contribution < -0.4 is 9.80 Å². The zero-order valence-corrected chi connectivity index (χ0v) is 20.3. The lowest BCUT2D eigenvalue weighted by Crippen LogP contribution is -2.22. The van der Waals surface area contributed by atoms with Crippen molar-refractivity contribution >= 4 is 23.6 Å². The maximum Gasteiger partial charge on any atom is 0.342 e. The summed E-state index contributed by atoms with van der Waals surface area (Å²) in [6.45, 7) is 3.94. The molecule has 2 fully saturated rings. The van der Waals surface area contributed by atoms with Gasteiger partial charge in [-0.25, -0.2) is 19.6 Å². The number of carbonyl (C=O) groups excluding carboxylic acids is 2. The molecule has 0 N–H and O–H groups in total. The largest absolute Gasteiger partial charge is 0.457 e. The number of ether oxygens (including phenoxy) is 2. The van der Waals surface area contributed by atoms with Crippen LogP contribution in [0.1, 0.15) is 57.5 Å². The van der Waals surface area contributed by atoms with E-state index in [1.807, 2.05) is 24.3 Å². The lowest BCUT2D eigenvalue weighted by Gasteiger charge is -2.19. The maximum absolute atomic E-state index is 12.7. The zero-order chi connectivity index (χ0) is 24.7. The Balaban J connectivity index is 1.15. The first kappa shape index (κ1) is 23.8. The highest BCUT2D eigenvalue weighted by molar-refractivity contribution is 5.95. The number of hydrogen-bond acceptors (Lipinski definition) is 8. The van der Waals surface area contributed by atoms with Gasteiger partial charge in [0.2, 0.25) is 0 Å². The van der Waals surface area contributed by atoms with Gasteiger partial charge in [0.25, 0.3) is 0 Å². The average Bonchev–Trinajstić information content (AvgIpc) is 3.66. The van der Waals surface area contributed by atoms with Crippen LogP contribution in [-0.2, 0) is 22.7 Å². The van der Waals surface area contributed by atoms with Crippen LogP contribution in [-0.4, -0.2) is 48.1 Å². The molecule has 4 heterocycles. The molecule has 5 rings (SSSR count). The number of esters is 2. The van der Waals surface area contributed by atoms with Crippen molar-refractivity contribution in [3.8, 4) is 0 Å². The molecule has 0 unspecified atom stereocenters. The molecule has 8 nitrogen and oxygen atoms in total. The molecular formula is C28H30N4O4. The molecule has 1 aromatic carbocycles. The fourth-order valence-electron chi connectivity index (χ4n) is 4.66. The second-order valence-electron chi connectivity index (χ2n) is 9.11. The van der Waals surface area contributed by atoms with Gasteiger partial charge in [-0.05, 0) is 61.1 Å². The normalized spacial score (nSPS) is 15.2. The van der Waals surface area contributed by atoms with E-state index >= 15 is 0 Å². The molecule has 8 heteroatoms. The Morgan fingerprint density at radius 1 is 0.639 bits per heavy atom. The summed E-state index contributed by atoms with van der Waals surface area (Å²) in [5, 5.41) is 0. The van der Waals surface area contributed by atoms with Gasteiger partial charge >= 0.3 is 11.9 Å². The fourth-order valence-corrected chi connectivity index (χ4v) is 4.66. The van der Waals surface area contributed by atoms with Gasteiger partial charge in [-0.1, -0.05) is 24.3 Å². The Morgan fingerprint density at radius 2 is 1.03 bits per heavy atom. The van der Waals surface area contributed by atoms with E-state index in [2.05, 4.69) is 19.8 Å². The van der Waals surface area contributed by atoms with Crippen molar-refractivity contribution in [3.63, 3.8) is 0 Å². The summed E-state index contributed by atoms with van der Waals surface area (Å²) in [6, 6.07) is 14.5. The number of rotatable bonds is 8. The third-order valence-electron chi connectivity index (χ3n) is 6.59. The summed E-state index contributed by atoms with van der Waals surface area (Å²) in [6.07, 6.45) is 7.83. The summed E-state index contributed by atoms with van der Waals surface area (Å²) in [5.74, 6) is 0.624. The van der Waals surface area contributed by atoms with Crippen LogP contribution in [0.4, 0.5) is 11.6 Å². The van der Waals surface area contributed by atoms with E-state index in [4.69, 9.17) is 9.47 Å². The summed E-state index contributed by atoms with van der Waals surface area (Å²) in [4.78, 5) is 38.6. The molecule has 2 aliphatic rings. The number of benzene rings is 1. The summed E-state index contributed by atoms with van der Waals surface area (Å²) >= 11 is 0. The lowest BCUT2D eigenvalue weighted by atomic mass is 10.1. The van der Waals surface area contributed by atoms with Gasteiger partial charge in [-0.15, -0.1) is 0 Å². The number of nitrogens with zero attached hydrogens (tertiary/aromatic N) is 4. The molecule has 0 spiro atoms. The summed E-state index contributed by atoms with van der Waals surface area (Å²) < 4.78 is 11.1. The standard InChI is InChI=1S/C28H30N4O4/c33-27(23-7-5-13-29-25(23)31-15-1-2-16-31)35-19-21-9-11-22(12-10-21)20-36-28(34)24-8-6-14-30-26(24)32-17-3-4-18-32/h5-14H,1-4,15-20H2. The molecule has 0 bridgehead atoms. The van der Waals surface area contributed by atoms with E-state index in [1.165, 1.54) is 0 Å². The Bertz CT molecular complexity index is 1110. The quantitative estimate of drug-likeness (QED) is 0.434. The number of anilines is 2. The third kappa shape index (κ3) is 5.48. The topological polar surface area (TPSA) is 84.9 Å². The van der Waals surface area contributed by atoms with Gasteiger partial charge in [-0.3, -0.25) is 0 Å². The molecule has 0 amide bonds. The van der Waals surface area contributed by atoms with Gasteiger partial charge in [0.1, 0.15) is 36.0 Å². The van der Waals surface area contributed by atoms with Crippen molar-refractivity contribution in [3.05, 3.63) is 83.2 Å². The van der Waals surface area contributed by atoms with Crippen molar-refractivity contribution in [1.29, 1.82) is 0 Å². The summed E-state index contributed by atoms with van der Waals surface area (Å²) in [7, 11) is 0. The lowest BCUT2D eigenvalue weighted by molar-refractivity contribution is 0.0460. The maximum atomic E-state index is 12.7. The molecule has 2 aliphatic heterocycles. The highest BCUT2D eigenvalue weighted by atomic mass is 16.5. The van der Waals surface area contributed by atoms with Gasteiger partial charge < -0.3 is 19.3 Å². The number of carbonyl (C=O) groups is 2. The van der Waals surface area contributed by atoms with Gasteiger partial charge in [0.15, 0.2) is 0 Å². The van der Waals surface area contributed by atoms with Gasteiger partial charge in [0, 0.05) is 38.6 Å². The zero-order valence-electron chi connectivity index (χ0n) is 20.3. The Labute approximate surface area is 210 Å². The number of pyridine rings is 2. The van der Waals surface area contributed by atoms with E-state index in [9.17, 15) is 9.59 Å². The third-order valence-corrected chi connectivity index (χ3v) is 6.59. The second-order valence-corrected chi connectivity index (χ2v) is 9.11. The van der Waals surface area contributed by atoms with Gasteiger partial charge in [0.05, 0.1) is 0 Å². The number of aromatic nitrogens is 2. The first-order valence-corrected chi connectivity index (χ1v) is 12.5. The highest BCUT2D eigenvalue weighted by Crippen LogP contribution is 2.24. The number of hydrogen-bond donors (Lipinski definition) is 0. The fraction of sp³-hybridized carbons (Fsp3) is 0.357. The molecule has 36 heavy (non-hydrogen) atoms. The van der Waals surface area contributed by atoms with Crippen molar-refractivity contribution in [1.82, 2.24) is 9.97 Å². The predicted octanol–water partition coefficient (Wildman–Crippen LogP) is 4.39. The first-order chi connectivity index (χ1) is 17.7. The van der Waals surface area contributed by atoms with Crippen LogP contribution in [0.15, 0.2) is 60.9 Å².